The Morgan fingerprint density at radius 2 is 2.33 bits per heavy atom. The number of hydrogen-bond donors (Lipinski definition) is 0. The molecule has 1 aromatic rings. The van der Waals surface area contributed by atoms with Gasteiger partial charge in [-0.05, 0) is 23.8 Å². The fourth-order valence-electron chi connectivity index (χ4n) is 1.12. The smallest absolute Gasteiger partial charge is 0.123 e. The first-order chi connectivity index (χ1) is 7.27. The Labute approximate surface area is 93.1 Å². The molecule has 1 rings (SSSR count). The summed E-state index contributed by atoms with van der Waals surface area (Å²) in [5, 5.41) is 8.81. The monoisotopic (exact) mass is 225 g/mol. The zero-order valence-electron chi connectivity index (χ0n) is 8.50. The number of rotatable bonds is 5. The van der Waals surface area contributed by atoms with Crippen molar-refractivity contribution in [3.63, 3.8) is 0 Å². The fraction of sp³-hybridized carbons (Fsp3) is 0.364. The average molecular weight is 225 g/mol. The molecule has 4 heteroatoms. The SMILES string of the molecule is COCCSCc1cc(F)ccc1C#N. The van der Waals surface area contributed by atoms with Gasteiger partial charge in [-0.1, -0.05) is 0 Å². The van der Waals surface area contributed by atoms with E-state index in [0.29, 0.717) is 17.9 Å². The van der Waals surface area contributed by atoms with E-state index in [-0.39, 0.29) is 5.82 Å². The van der Waals surface area contributed by atoms with Crippen molar-refractivity contribution in [2.45, 2.75) is 5.75 Å². The fourth-order valence-corrected chi connectivity index (χ4v) is 2.00. The van der Waals surface area contributed by atoms with Crippen LogP contribution in [0.2, 0.25) is 0 Å². The molecule has 0 unspecified atom stereocenters. The first kappa shape index (κ1) is 12.0. The summed E-state index contributed by atoms with van der Waals surface area (Å²) >= 11 is 1.63. The van der Waals surface area contributed by atoms with Crippen LogP contribution >= 0.6 is 11.8 Å². The van der Waals surface area contributed by atoms with Crippen molar-refractivity contribution in [3.05, 3.63) is 35.1 Å². The highest BCUT2D eigenvalue weighted by Crippen LogP contribution is 2.17. The van der Waals surface area contributed by atoms with E-state index in [2.05, 4.69) is 6.07 Å². The molecule has 0 aliphatic rings. The second-order valence-electron chi connectivity index (χ2n) is 2.96. The predicted molar refractivity (Wildman–Crippen MR) is 59.2 cm³/mol. The van der Waals surface area contributed by atoms with Gasteiger partial charge in [-0.2, -0.15) is 17.0 Å². The molecular formula is C11H12FNOS. The zero-order valence-corrected chi connectivity index (χ0v) is 9.31. The maximum atomic E-state index is 12.9. The summed E-state index contributed by atoms with van der Waals surface area (Å²) in [5.74, 6) is 1.19. The summed E-state index contributed by atoms with van der Waals surface area (Å²) in [7, 11) is 1.64. The maximum Gasteiger partial charge on any atom is 0.123 e. The van der Waals surface area contributed by atoms with Gasteiger partial charge in [0.25, 0.3) is 0 Å². The summed E-state index contributed by atoms with van der Waals surface area (Å²) in [6.45, 7) is 0.669. The second kappa shape index (κ2) is 6.44. The van der Waals surface area contributed by atoms with Crippen molar-refractivity contribution < 1.29 is 9.13 Å². The van der Waals surface area contributed by atoms with Crippen LogP contribution in [0.5, 0.6) is 0 Å². The van der Waals surface area contributed by atoms with Crippen LogP contribution < -0.4 is 0 Å². The molecule has 0 aromatic heterocycles. The zero-order chi connectivity index (χ0) is 11.1. The molecule has 0 bridgehead atoms. The summed E-state index contributed by atoms with van der Waals surface area (Å²) in [5.41, 5.74) is 1.29. The summed E-state index contributed by atoms with van der Waals surface area (Å²) in [4.78, 5) is 0. The van der Waals surface area contributed by atoms with Gasteiger partial charge in [0, 0.05) is 18.6 Å². The summed E-state index contributed by atoms with van der Waals surface area (Å²) in [6, 6.07) is 6.29. The molecule has 2 nitrogen and oxygen atoms in total. The van der Waals surface area contributed by atoms with Crippen LogP contribution in [0, 0.1) is 17.1 Å². The van der Waals surface area contributed by atoms with Gasteiger partial charge in [-0.25, -0.2) is 4.39 Å². The first-order valence-corrected chi connectivity index (χ1v) is 5.68. The summed E-state index contributed by atoms with van der Waals surface area (Å²) in [6.07, 6.45) is 0. The van der Waals surface area contributed by atoms with E-state index in [1.165, 1.54) is 18.2 Å². The van der Waals surface area contributed by atoms with Gasteiger partial charge in [0.15, 0.2) is 0 Å². The third-order valence-corrected chi connectivity index (χ3v) is 2.85. The number of ether oxygens (including phenoxy) is 1. The van der Waals surface area contributed by atoms with Crippen molar-refractivity contribution in [2.75, 3.05) is 19.5 Å². The quantitative estimate of drug-likeness (QED) is 0.722. The van der Waals surface area contributed by atoms with E-state index in [4.69, 9.17) is 10.00 Å². The molecule has 80 valence electrons. The Bertz CT molecular complexity index is 362. The van der Waals surface area contributed by atoms with Crippen LogP contribution in [-0.2, 0) is 10.5 Å². The largest absolute Gasteiger partial charge is 0.384 e. The van der Waals surface area contributed by atoms with Crippen LogP contribution in [0.25, 0.3) is 0 Å². The Morgan fingerprint density at radius 3 is 3.00 bits per heavy atom. The van der Waals surface area contributed by atoms with Gasteiger partial charge < -0.3 is 4.74 Å². The van der Waals surface area contributed by atoms with Gasteiger partial charge in [0.05, 0.1) is 18.2 Å². The number of nitrogens with zero attached hydrogens (tertiary/aromatic N) is 1. The van der Waals surface area contributed by atoms with Crippen molar-refractivity contribution in [3.8, 4) is 6.07 Å². The molecule has 0 saturated carbocycles. The lowest BCUT2D eigenvalue weighted by Gasteiger charge is -2.03. The molecule has 0 aliphatic carbocycles. The molecule has 0 fully saturated rings. The topological polar surface area (TPSA) is 33.0 Å². The van der Waals surface area contributed by atoms with Crippen LogP contribution in [0.15, 0.2) is 18.2 Å². The molecule has 15 heavy (non-hydrogen) atoms. The molecule has 0 spiro atoms. The highest BCUT2D eigenvalue weighted by Gasteiger charge is 2.03. The minimum Gasteiger partial charge on any atom is -0.384 e. The number of thioether (sulfide) groups is 1. The lowest BCUT2D eigenvalue weighted by Crippen LogP contribution is -1.94. The standard InChI is InChI=1S/C11H12FNOS/c1-14-4-5-15-8-10-6-11(12)3-2-9(10)7-13/h2-3,6H,4-5,8H2,1H3. The highest BCUT2D eigenvalue weighted by atomic mass is 32.2. The lowest BCUT2D eigenvalue weighted by atomic mass is 10.1. The Balaban J connectivity index is 2.59. The number of nitriles is 1. The van der Waals surface area contributed by atoms with E-state index in [9.17, 15) is 4.39 Å². The van der Waals surface area contributed by atoms with Gasteiger partial charge in [0.2, 0.25) is 0 Å². The van der Waals surface area contributed by atoms with E-state index >= 15 is 0 Å². The lowest BCUT2D eigenvalue weighted by molar-refractivity contribution is 0.218. The third kappa shape index (κ3) is 3.90. The van der Waals surface area contributed by atoms with Crippen LogP contribution in [-0.4, -0.2) is 19.5 Å². The maximum absolute atomic E-state index is 12.9. The molecule has 0 heterocycles. The minimum absolute atomic E-state index is 0.295. The molecule has 1 aromatic carbocycles. The molecule has 0 N–H and O–H groups in total. The number of benzene rings is 1. The minimum atomic E-state index is -0.295. The van der Waals surface area contributed by atoms with Gasteiger partial charge in [-0.3, -0.25) is 0 Å². The van der Waals surface area contributed by atoms with Crippen LogP contribution in [0.1, 0.15) is 11.1 Å². The normalized spacial score (nSPS) is 9.93. The van der Waals surface area contributed by atoms with E-state index < -0.39 is 0 Å². The number of hydrogen-bond acceptors (Lipinski definition) is 3. The van der Waals surface area contributed by atoms with E-state index in [1.54, 1.807) is 18.9 Å². The van der Waals surface area contributed by atoms with Crippen molar-refractivity contribution in [2.24, 2.45) is 0 Å². The Kier molecular flexibility index (Phi) is 5.16. The number of methoxy groups -OCH3 is 1. The van der Waals surface area contributed by atoms with E-state index in [0.717, 1.165) is 11.3 Å². The van der Waals surface area contributed by atoms with E-state index in [1.807, 2.05) is 0 Å². The number of halogens is 1. The van der Waals surface area contributed by atoms with Gasteiger partial charge >= 0.3 is 0 Å². The Morgan fingerprint density at radius 1 is 1.53 bits per heavy atom. The van der Waals surface area contributed by atoms with Crippen LogP contribution in [0.4, 0.5) is 4.39 Å². The van der Waals surface area contributed by atoms with Crippen molar-refractivity contribution in [1.82, 2.24) is 0 Å². The van der Waals surface area contributed by atoms with Gasteiger partial charge in [0.1, 0.15) is 5.82 Å². The third-order valence-electron chi connectivity index (χ3n) is 1.88. The molecule has 0 radical (unpaired) electrons. The second-order valence-corrected chi connectivity index (χ2v) is 4.06. The molecule has 0 atom stereocenters. The summed E-state index contributed by atoms with van der Waals surface area (Å²) < 4.78 is 17.8. The van der Waals surface area contributed by atoms with Crippen molar-refractivity contribution in [1.29, 1.82) is 5.26 Å². The van der Waals surface area contributed by atoms with Crippen LogP contribution in [0.3, 0.4) is 0 Å². The Hall–Kier alpha value is -1.05. The van der Waals surface area contributed by atoms with Crippen molar-refractivity contribution >= 4 is 11.8 Å². The molecular weight excluding hydrogens is 213 g/mol. The van der Waals surface area contributed by atoms with Gasteiger partial charge in [-0.15, -0.1) is 0 Å². The molecule has 0 saturated heterocycles. The molecule has 0 amide bonds. The first-order valence-electron chi connectivity index (χ1n) is 4.53. The predicted octanol–water partition coefficient (Wildman–Crippen LogP) is 2.58. The molecule has 0 aliphatic heterocycles. The average Bonchev–Trinajstić information content (AvgIpc) is 2.25. The highest BCUT2D eigenvalue weighted by molar-refractivity contribution is 7.98.